The third-order valence-corrected chi connectivity index (χ3v) is 6.09. The van der Waals surface area contributed by atoms with E-state index in [0.29, 0.717) is 18.6 Å². The molecule has 0 bridgehead atoms. The van der Waals surface area contributed by atoms with E-state index in [1.165, 1.54) is 11.3 Å². The Kier molecular flexibility index (Phi) is 7.45. The van der Waals surface area contributed by atoms with E-state index in [1.807, 2.05) is 11.8 Å². The maximum Gasteiger partial charge on any atom is 0.191 e. The zero-order valence-electron chi connectivity index (χ0n) is 15.3. The number of hydrogen-bond donors (Lipinski definition) is 3. The molecular weight excluding hydrogens is 449 g/mol. The van der Waals surface area contributed by atoms with Crippen molar-refractivity contribution in [3.63, 3.8) is 0 Å². The maximum atomic E-state index is 10.4. The summed E-state index contributed by atoms with van der Waals surface area (Å²) >= 11 is 1.81. The summed E-state index contributed by atoms with van der Waals surface area (Å²) in [6.07, 6.45) is 6.10. The second kappa shape index (κ2) is 8.94. The molecule has 2 unspecified atom stereocenters. The second-order valence-corrected chi connectivity index (χ2v) is 8.32. The van der Waals surface area contributed by atoms with Crippen molar-refractivity contribution in [3.8, 4) is 0 Å². The summed E-state index contributed by atoms with van der Waals surface area (Å²) in [5, 5.41) is 22.0. The molecule has 0 radical (unpaired) electrons. The van der Waals surface area contributed by atoms with Crippen LogP contribution in [0.2, 0.25) is 0 Å². The molecule has 1 aromatic heterocycles. The van der Waals surface area contributed by atoms with Crippen molar-refractivity contribution in [2.24, 2.45) is 4.99 Å². The first-order chi connectivity index (χ1) is 11.5. The first kappa shape index (κ1) is 20.8. The maximum absolute atomic E-state index is 10.4. The molecule has 2 heterocycles. The van der Waals surface area contributed by atoms with Crippen LogP contribution < -0.4 is 10.6 Å². The van der Waals surface area contributed by atoms with Gasteiger partial charge in [0.05, 0.1) is 11.3 Å². The van der Waals surface area contributed by atoms with E-state index in [4.69, 9.17) is 5.10 Å². The molecular formula is C17H30IN5OS. The summed E-state index contributed by atoms with van der Waals surface area (Å²) in [6.45, 7) is 4.87. The smallest absolute Gasteiger partial charge is 0.191 e. The largest absolute Gasteiger partial charge is 0.387 e. The Morgan fingerprint density at radius 2 is 2.36 bits per heavy atom. The third-order valence-electron chi connectivity index (χ3n) is 4.86. The average Bonchev–Trinajstić information content (AvgIpc) is 3.17. The van der Waals surface area contributed by atoms with E-state index in [0.717, 1.165) is 43.1 Å². The lowest BCUT2D eigenvalue weighted by atomic mass is 9.94. The minimum absolute atomic E-state index is 0. The van der Waals surface area contributed by atoms with E-state index in [1.54, 1.807) is 7.05 Å². The molecule has 142 valence electrons. The minimum Gasteiger partial charge on any atom is -0.387 e. The molecule has 0 saturated carbocycles. The zero-order valence-corrected chi connectivity index (χ0v) is 18.4. The zero-order chi connectivity index (χ0) is 17.2. The number of guanidine groups is 1. The van der Waals surface area contributed by atoms with E-state index in [2.05, 4.69) is 40.4 Å². The van der Waals surface area contributed by atoms with Crippen molar-refractivity contribution >= 4 is 41.7 Å². The number of aliphatic imine (C=N–C) groups is 1. The fourth-order valence-electron chi connectivity index (χ4n) is 3.27. The molecule has 6 nitrogen and oxygen atoms in total. The number of hydrogen-bond acceptors (Lipinski definition) is 4. The van der Waals surface area contributed by atoms with Crippen LogP contribution >= 0.6 is 35.7 Å². The van der Waals surface area contributed by atoms with Crippen molar-refractivity contribution in [2.75, 3.05) is 25.1 Å². The number of aliphatic hydroxyl groups is 1. The molecule has 0 aromatic carbocycles. The lowest BCUT2D eigenvalue weighted by molar-refractivity contribution is 0.0723. The Balaban J connectivity index is 0.00000225. The number of aryl methyl sites for hydroxylation is 1. The summed E-state index contributed by atoms with van der Waals surface area (Å²) in [5.74, 6) is 2.61. The molecule has 1 aliphatic heterocycles. The lowest BCUT2D eigenvalue weighted by Gasteiger charge is -2.27. The number of rotatable bonds is 4. The molecule has 2 atom stereocenters. The van der Waals surface area contributed by atoms with Gasteiger partial charge in [-0.15, -0.1) is 24.0 Å². The van der Waals surface area contributed by atoms with Gasteiger partial charge in [0.15, 0.2) is 5.96 Å². The number of nitrogens with one attached hydrogen (secondary N) is 2. The van der Waals surface area contributed by atoms with Crippen molar-refractivity contribution < 1.29 is 5.11 Å². The van der Waals surface area contributed by atoms with Crippen LogP contribution in [0.5, 0.6) is 0 Å². The van der Waals surface area contributed by atoms with Gasteiger partial charge in [0.1, 0.15) is 0 Å². The highest BCUT2D eigenvalue weighted by Gasteiger charge is 2.32. The Morgan fingerprint density at radius 1 is 1.56 bits per heavy atom. The summed E-state index contributed by atoms with van der Waals surface area (Å²) < 4.78 is 2.06. The third kappa shape index (κ3) is 5.26. The Morgan fingerprint density at radius 3 is 3.00 bits per heavy atom. The van der Waals surface area contributed by atoms with Crippen molar-refractivity contribution in [1.29, 1.82) is 0 Å². The van der Waals surface area contributed by atoms with Crippen LogP contribution in [-0.2, 0) is 12.8 Å². The van der Waals surface area contributed by atoms with E-state index in [9.17, 15) is 5.11 Å². The van der Waals surface area contributed by atoms with Gasteiger partial charge >= 0.3 is 0 Å². The van der Waals surface area contributed by atoms with Crippen LogP contribution in [0, 0.1) is 0 Å². The molecule has 25 heavy (non-hydrogen) atoms. The molecule has 1 aromatic rings. The predicted molar refractivity (Wildman–Crippen MR) is 115 cm³/mol. The number of fused-ring (bicyclic) bond motifs is 1. The van der Waals surface area contributed by atoms with Crippen molar-refractivity contribution in [3.05, 3.63) is 17.5 Å². The van der Waals surface area contributed by atoms with Gasteiger partial charge in [0.25, 0.3) is 0 Å². The minimum atomic E-state index is -0.599. The van der Waals surface area contributed by atoms with Crippen LogP contribution in [0.25, 0.3) is 0 Å². The highest BCUT2D eigenvalue weighted by molar-refractivity contribution is 14.0. The van der Waals surface area contributed by atoms with Gasteiger partial charge in [0.2, 0.25) is 0 Å². The van der Waals surface area contributed by atoms with Gasteiger partial charge in [0, 0.05) is 44.0 Å². The normalized spacial score (nSPS) is 26.3. The van der Waals surface area contributed by atoms with E-state index < -0.39 is 5.60 Å². The number of thioether (sulfide) groups is 1. The summed E-state index contributed by atoms with van der Waals surface area (Å²) in [7, 11) is 1.78. The van der Waals surface area contributed by atoms with Crippen LogP contribution in [0.4, 0.5) is 0 Å². The molecule has 1 fully saturated rings. The fraction of sp³-hybridized carbons (Fsp3) is 0.765. The molecule has 2 aliphatic rings. The highest BCUT2D eigenvalue weighted by Crippen LogP contribution is 2.27. The Hall–Kier alpha value is -0.480. The monoisotopic (exact) mass is 479 g/mol. The number of nitrogens with zero attached hydrogens (tertiary/aromatic N) is 3. The molecule has 1 aliphatic carbocycles. The molecule has 0 amide bonds. The standard InChI is InChI=1S/C17H29N5OS.HI/c1-12(2)22-9-13-4-5-14(8-15(13)21-22)20-16(18-3)19-10-17(23)6-7-24-11-17;/h9,12,14,23H,4-8,10-11H2,1-3H3,(H2,18,19,20);1H. The van der Waals surface area contributed by atoms with E-state index >= 15 is 0 Å². The van der Waals surface area contributed by atoms with Crippen LogP contribution in [0.1, 0.15) is 44.0 Å². The molecule has 3 N–H and O–H groups in total. The van der Waals surface area contributed by atoms with Gasteiger partial charge in [-0.3, -0.25) is 9.67 Å². The number of halogens is 1. The summed E-state index contributed by atoms with van der Waals surface area (Å²) in [4.78, 5) is 4.31. The summed E-state index contributed by atoms with van der Waals surface area (Å²) in [5.41, 5.74) is 1.98. The first-order valence-corrected chi connectivity index (χ1v) is 9.99. The quantitative estimate of drug-likeness (QED) is 0.350. The van der Waals surface area contributed by atoms with Crippen molar-refractivity contribution in [2.45, 2.75) is 57.2 Å². The van der Waals surface area contributed by atoms with Gasteiger partial charge in [-0.2, -0.15) is 16.9 Å². The van der Waals surface area contributed by atoms with E-state index in [-0.39, 0.29) is 24.0 Å². The second-order valence-electron chi connectivity index (χ2n) is 7.21. The van der Waals surface area contributed by atoms with Crippen molar-refractivity contribution in [1.82, 2.24) is 20.4 Å². The van der Waals surface area contributed by atoms with Gasteiger partial charge in [-0.25, -0.2) is 0 Å². The molecule has 1 saturated heterocycles. The van der Waals surface area contributed by atoms with Gasteiger partial charge < -0.3 is 15.7 Å². The fourth-order valence-corrected chi connectivity index (χ4v) is 4.57. The molecule has 8 heteroatoms. The Labute approximate surface area is 171 Å². The average molecular weight is 479 g/mol. The number of aromatic nitrogens is 2. The van der Waals surface area contributed by atoms with Gasteiger partial charge in [-0.05, 0) is 44.4 Å². The summed E-state index contributed by atoms with van der Waals surface area (Å²) in [6, 6.07) is 0.744. The lowest BCUT2D eigenvalue weighted by Crippen LogP contribution is -2.50. The highest BCUT2D eigenvalue weighted by atomic mass is 127. The predicted octanol–water partition coefficient (Wildman–Crippen LogP) is 1.97. The SMILES string of the molecule is CN=C(NCC1(O)CCSC1)NC1CCc2cn(C(C)C)nc2C1.I. The topological polar surface area (TPSA) is 74.5 Å². The van der Waals surface area contributed by atoms with Gasteiger partial charge in [-0.1, -0.05) is 0 Å². The molecule has 3 rings (SSSR count). The van der Waals surface area contributed by atoms with Crippen LogP contribution in [0.15, 0.2) is 11.2 Å². The molecule has 0 spiro atoms. The van der Waals surface area contributed by atoms with Crippen LogP contribution in [-0.4, -0.2) is 57.6 Å². The van der Waals surface area contributed by atoms with Crippen LogP contribution in [0.3, 0.4) is 0 Å². The Bertz CT molecular complexity index is 598. The first-order valence-electron chi connectivity index (χ1n) is 8.83.